The first kappa shape index (κ1) is 15.2. The Morgan fingerprint density at radius 1 is 1.37 bits per heavy atom. The van der Waals surface area contributed by atoms with Gasteiger partial charge in [0.05, 0.1) is 11.6 Å². The Labute approximate surface area is 115 Å². The van der Waals surface area contributed by atoms with E-state index in [4.69, 9.17) is 5.26 Å². The number of carbonyl (C=O) groups excluding carboxylic acids is 1. The van der Waals surface area contributed by atoms with Gasteiger partial charge in [-0.3, -0.25) is 4.79 Å². The van der Waals surface area contributed by atoms with Crippen molar-refractivity contribution in [3.63, 3.8) is 0 Å². The van der Waals surface area contributed by atoms with Gasteiger partial charge in [-0.1, -0.05) is 19.9 Å². The van der Waals surface area contributed by atoms with Crippen molar-refractivity contribution in [2.45, 2.75) is 26.7 Å². The van der Waals surface area contributed by atoms with Gasteiger partial charge >= 0.3 is 0 Å². The van der Waals surface area contributed by atoms with Gasteiger partial charge in [-0.15, -0.1) is 0 Å². The Kier molecular flexibility index (Phi) is 6.62. The lowest BCUT2D eigenvalue weighted by Gasteiger charge is -2.17. The lowest BCUT2D eigenvalue weighted by Crippen LogP contribution is -2.25. The number of rotatable bonds is 7. The molecule has 0 saturated carbocycles. The number of hydrogen-bond acceptors (Lipinski definition) is 3. The molecule has 19 heavy (non-hydrogen) atoms. The number of benzene rings is 1. The van der Waals surface area contributed by atoms with Crippen LogP contribution in [0, 0.1) is 11.3 Å². The highest BCUT2D eigenvalue weighted by Crippen LogP contribution is 2.10. The molecule has 0 radical (unpaired) electrons. The topological polar surface area (TPSA) is 56.1 Å². The SMILES string of the molecule is CCN(CC)CCCC(=O)Nc1cccc(C#N)c1. The van der Waals surface area contributed by atoms with E-state index in [9.17, 15) is 4.79 Å². The quantitative estimate of drug-likeness (QED) is 0.819. The van der Waals surface area contributed by atoms with Crippen LogP contribution in [0.3, 0.4) is 0 Å². The summed E-state index contributed by atoms with van der Waals surface area (Å²) in [5, 5.41) is 11.6. The highest BCUT2D eigenvalue weighted by molar-refractivity contribution is 5.90. The van der Waals surface area contributed by atoms with E-state index < -0.39 is 0 Å². The van der Waals surface area contributed by atoms with Crippen LogP contribution in [0.4, 0.5) is 5.69 Å². The van der Waals surface area contributed by atoms with Crippen LogP contribution in [0.25, 0.3) is 0 Å². The zero-order chi connectivity index (χ0) is 14.1. The van der Waals surface area contributed by atoms with Gasteiger partial charge in [0.2, 0.25) is 5.91 Å². The van der Waals surface area contributed by atoms with E-state index in [2.05, 4.69) is 30.1 Å². The Hall–Kier alpha value is -1.86. The summed E-state index contributed by atoms with van der Waals surface area (Å²) in [5.41, 5.74) is 1.24. The number of amides is 1. The summed E-state index contributed by atoms with van der Waals surface area (Å²) in [5.74, 6) is 0.00208. The molecule has 0 saturated heterocycles. The maximum atomic E-state index is 11.8. The third-order valence-electron chi connectivity index (χ3n) is 3.05. The summed E-state index contributed by atoms with van der Waals surface area (Å²) in [6.07, 6.45) is 1.36. The second-order valence-corrected chi connectivity index (χ2v) is 4.37. The van der Waals surface area contributed by atoms with Crippen molar-refractivity contribution in [2.75, 3.05) is 25.0 Å². The van der Waals surface area contributed by atoms with E-state index in [1.807, 2.05) is 0 Å². The molecule has 4 heteroatoms. The maximum absolute atomic E-state index is 11.8. The minimum absolute atomic E-state index is 0.00208. The molecule has 0 bridgehead atoms. The molecule has 1 amide bonds. The monoisotopic (exact) mass is 259 g/mol. The Bertz CT molecular complexity index is 447. The molecule has 102 valence electrons. The molecule has 0 aliphatic rings. The Balaban J connectivity index is 2.37. The summed E-state index contributed by atoms with van der Waals surface area (Å²) >= 11 is 0. The average molecular weight is 259 g/mol. The molecule has 1 rings (SSSR count). The summed E-state index contributed by atoms with van der Waals surface area (Å²) in [6.45, 7) is 7.22. The summed E-state index contributed by atoms with van der Waals surface area (Å²) in [7, 11) is 0. The third kappa shape index (κ3) is 5.54. The number of nitrogens with one attached hydrogen (secondary N) is 1. The van der Waals surface area contributed by atoms with E-state index in [0.717, 1.165) is 26.1 Å². The minimum Gasteiger partial charge on any atom is -0.326 e. The number of carbonyl (C=O) groups is 1. The van der Waals surface area contributed by atoms with E-state index in [0.29, 0.717) is 17.7 Å². The second kappa shape index (κ2) is 8.28. The number of nitriles is 1. The predicted molar refractivity (Wildman–Crippen MR) is 76.8 cm³/mol. The van der Waals surface area contributed by atoms with Crippen LogP contribution in [0.15, 0.2) is 24.3 Å². The highest BCUT2D eigenvalue weighted by atomic mass is 16.1. The minimum atomic E-state index is 0.00208. The van der Waals surface area contributed by atoms with Gasteiger partial charge in [-0.25, -0.2) is 0 Å². The lowest BCUT2D eigenvalue weighted by atomic mass is 10.2. The van der Waals surface area contributed by atoms with E-state index in [1.165, 1.54) is 0 Å². The normalized spacial score (nSPS) is 10.2. The summed E-state index contributed by atoms with van der Waals surface area (Å²) in [6, 6.07) is 9.02. The maximum Gasteiger partial charge on any atom is 0.224 e. The largest absolute Gasteiger partial charge is 0.326 e. The fourth-order valence-electron chi connectivity index (χ4n) is 1.89. The molecular formula is C15H21N3O. The van der Waals surface area contributed by atoms with Gasteiger partial charge in [0.1, 0.15) is 0 Å². The van der Waals surface area contributed by atoms with Gasteiger partial charge in [0.15, 0.2) is 0 Å². The fourth-order valence-corrected chi connectivity index (χ4v) is 1.89. The van der Waals surface area contributed by atoms with Crippen LogP contribution in [0.1, 0.15) is 32.3 Å². The number of nitrogens with zero attached hydrogens (tertiary/aromatic N) is 2. The molecule has 0 aromatic heterocycles. The first-order valence-corrected chi connectivity index (χ1v) is 6.72. The van der Waals surface area contributed by atoms with Crippen LogP contribution >= 0.6 is 0 Å². The van der Waals surface area contributed by atoms with E-state index in [-0.39, 0.29) is 5.91 Å². The zero-order valence-corrected chi connectivity index (χ0v) is 11.6. The van der Waals surface area contributed by atoms with Gasteiger partial charge in [0.25, 0.3) is 0 Å². The number of hydrogen-bond donors (Lipinski definition) is 1. The number of anilines is 1. The smallest absolute Gasteiger partial charge is 0.224 e. The molecule has 4 nitrogen and oxygen atoms in total. The molecule has 0 spiro atoms. The predicted octanol–water partition coefficient (Wildman–Crippen LogP) is 2.62. The van der Waals surface area contributed by atoms with Crippen molar-refractivity contribution in [3.05, 3.63) is 29.8 Å². The van der Waals surface area contributed by atoms with Crippen LogP contribution in [0.2, 0.25) is 0 Å². The zero-order valence-electron chi connectivity index (χ0n) is 11.6. The molecule has 0 heterocycles. The van der Waals surface area contributed by atoms with Crippen molar-refractivity contribution in [2.24, 2.45) is 0 Å². The summed E-state index contributed by atoms with van der Waals surface area (Å²) < 4.78 is 0. The standard InChI is InChI=1S/C15H21N3O/c1-3-18(4-2)10-6-9-15(19)17-14-8-5-7-13(11-14)12-16/h5,7-8,11H,3-4,6,9-10H2,1-2H3,(H,17,19). The van der Waals surface area contributed by atoms with E-state index >= 15 is 0 Å². The molecule has 0 unspecified atom stereocenters. The van der Waals surface area contributed by atoms with Gasteiger partial charge in [-0.2, -0.15) is 5.26 Å². The molecule has 1 aromatic rings. The van der Waals surface area contributed by atoms with Crippen LogP contribution in [-0.4, -0.2) is 30.4 Å². The van der Waals surface area contributed by atoms with Gasteiger partial charge in [-0.05, 0) is 44.3 Å². The molecule has 0 atom stereocenters. The van der Waals surface area contributed by atoms with Crippen molar-refractivity contribution in [1.82, 2.24) is 4.90 Å². The molecule has 0 aliphatic carbocycles. The van der Waals surface area contributed by atoms with Crippen molar-refractivity contribution < 1.29 is 4.79 Å². The summed E-state index contributed by atoms with van der Waals surface area (Å²) in [4.78, 5) is 14.1. The third-order valence-corrected chi connectivity index (χ3v) is 3.05. The van der Waals surface area contributed by atoms with E-state index in [1.54, 1.807) is 24.3 Å². The van der Waals surface area contributed by atoms with Crippen LogP contribution < -0.4 is 5.32 Å². The molecule has 0 aliphatic heterocycles. The van der Waals surface area contributed by atoms with Crippen molar-refractivity contribution in [3.8, 4) is 6.07 Å². The lowest BCUT2D eigenvalue weighted by molar-refractivity contribution is -0.116. The first-order chi connectivity index (χ1) is 9.19. The molecular weight excluding hydrogens is 238 g/mol. The van der Waals surface area contributed by atoms with Crippen LogP contribution in [0.5, 0.6) is 0 Å². The molecule has 0 fully saturated rings. The first-order valence-electron chi connectivity index (χ1n) is 6.72. The van der Waals surface area contributed by atoms with Crippen molar-refractivity contribution >= 4 is 11.6 Å². The van der Waals surface area contributed by atoms with Gasteiger partial charge in [0, 0.05) is 12.1 Å². The van der Waals surface area contributed by atoms with Crippen molar-refractivity contribution in [1.29, 1.82) is 5.26 Å². The Morgan fingerprint density at radius 3 is 2.74 bits per heavy atom. The average Bonchev–Trinajstić information content (AvgIpc) is 2.44. The van der Waals surface area contributed by atoms with Crippen LogP contribution in [-0.2, 0) is 4.79 Å². The Morgan fingerprint density at radius 2 is 2.11 bits per heavy atom. The molecule has 1 aromatic carbocycles. The second-order valence-electron chi connectivity index (χ2n) is 4.37. The highest BCUT2D eigenvalue weighted by Gasteiger charge is 2.05. The fraction of sp³-hybridized carbons (Fsp3) is 0.467. The molecule has 1 N–H and O–H groups in total. The van der Waals surface area contributed by atoms with Gasteiger partial charge < -0.3 is 10.2 Å².